The normalized spacial score (nSPS) is 18.6. The van der Waals surface area contributed by atoms with E-state index in [2.05, 4.69) is 19.9 Å². The summed E-state index contributed by atoms with van der Waals surface area (Å²) in [5, 5.41) is 9.30. The number of fused-ring (bicyclic) bond motifs is 1. The summed E-state index contributed by atoms with van der Waals surface area (Å²) >= 11 is 0. The molecule has 0 saturated heterocycles. The molecule has 0 fully saturated rings. The van der Waals surface area contributed by atoms with Crippen molar-refractivity contribution in [3.05, 3.63) is 29.3 Å². The molecule has 1 N–H and O–H groups in total. The molecular weight excluding hydrogens is 254 g/mol. The SMILES string of the molecule is COc1ccc2c(c1)CCN(C(=O)O)CC2CC(C)C. The van der Waals surface area contributed by atoms with Crippen LogP contribution >= 0.6 is 0 Å². The molecule has 1 atom stereocenters. The Morgan fingerprint density at radius 2 is 2.25 bits per heavy atom. The highest BCUT2D eigenvalue weighted by atomic mass is 16.5. The van der Waals surface area contributed by atoms with Gasteiger partial charge in [0.1, 0.15) is 5.75 Å². The number of carbonyl (C=O) groups is 1. The Bertz CT molecular complexity index is 485. The van der Waals surface area contributed by atoms with E-state index in [0.29, 0.717) is 19.0 Å². The lowest BCUT2D eigenvalue weighted by Crippen LogP contribution is -2.33. The number of amides is 1. The van der Waals surface area contributed by atoms with E-state index in [4.69, 9.17) is 4.74 Å². The van der Waals surface area contributed by atoms with Crippen molar-refractivity contribution in [3.63, 3.8) is 0 Å². The predicted octanol–water partition coefficient (Wildman–Crippen LogP) is 3.36. The van der Waals surface area contributed by atoms with Crippen molar-refractivity contribution in [2.45, 2.75) is 32.6 Å². The molecule has 2 rings (SSSR count). The van der Waals surface area contributed by atoms with Gasteiger partial charge in [0.25, 0.3) is 0 Å². The third kappa shape index (κ3) is 3.24. The lowest BCUT2D eigenvalue weighted by Gasteiger charge is -2.24. The first-order chi connectivity index (χ1) is 9.51. The number of methoxy groups -OCH3 is 1. The van der Waals surface area contributed by atoms with Crippen molar-refractivity contribution < 1.29 is 14.6 Å². The molecule has 1 aliphatic heterocycles. The van der Waals surface area contributed by atoms with Crippen LogP contribution in [0.15, 0.2) is 18.2 Å². The molecule has 1 unspecified atom stereocenters. The third-order valence-corrected chi connectivity index (χ3v) is 3.91. The molecular formula is C16H23NO3. The summed E-state index contributed by atoms with van der Waals surface area (Å²) in [6.07, 6.45) is 0.940. The Morgan fingerprint density at radius 3 is 2.85 bits per heavy atom. The summed E-state index contributed by atoms with van der Waals surface area (Å²) in [5.41, 5.74) is 2.50. The fourth-order valence-corrected chi connectivity index (χ4v) is 2.98. The molecule has 4 nitrogen and oxygen atoms in total. The Morgan fingerprint density at radius 1 is 1.50 bits per heavy atom. The van der Waals surface area contributed by atoms with Gasteiger partial charge in [-0.05, 0) is 42.0 Å². The van der Waals surface area contributed by atoms with Gasteiger partial charge in [0.15, 0.2) is 0 Å². The van der Waals surface area contributed by atoms with E-state index in [1.54, 1.807) is 12.0 Å². The maximum absolute atomic E-state index is 11.3. The zero-order chi connectivity index (χ0) is 14.7. The molecule has 1 aliphatic rings. The third-order valence-electron chi connectivity index (χ3n) is 3.91. The summed E-state index contributed by atoms with van der Waals surface area (Å²) < 4.78 is 5.28. The van der Waals surface area contributed by atoms with E-state index in [1.165, 1.54) is 11.1 Å². The average molecular weight is 277 g/mol. The van der Waals surface area contributed by atoms with Crippen LogP contribution < -0.4 is 4.74 Å². The van der Waals surface area contributed by atoms with Crippen LogP contribution in [0.3, 0.4) is 0 Å². The van der Waals surface area contributed by atoms with Gasteiger partial charge in [-0.2, -0.15) is 0 Å². The second-order valence-electron chi connectivity index (χ2n) is 5.87. The van der Waals surface area contributed by atoms with Crippen LogP contribution in [0.4, 0.5) is 4.79 Å². The van der Waals surface area contributed by atoms with Crippen LogP contribution in [0.5, 0.6) is 5.75 Å². The molecule has 1 aromatic carbocycles. The largest absolute Gasteiger partial charge is 0.497 e. The monoisotopic (exact) mass is 277 g/mol. The first-order valence-corrected chi connectivity index (χ1v) is 7.16. The topological polar surface area (TPSA) is 49.8 Å². The van der Waals surface area contributed by atoms with Gasteiger partial charge in [0.05, 0.1) is 7.11 Å². The van der Waals surface area contributed by atoms with Gasteiger partial charge >= 0.3 is 6.09 Å². The maximum atomic E-state index is 11.3. The fourth-order valence-electron chi connectivity index (χ4n) is 2.98. The van der Waals surface area contributed by atoms with Gasteiger partial charge in [-0.25, -0.2) is 4.79 Å². The molecule has 20 heavy (non-hydrogen) atoms. The van der Waals surface area contributed by atoms with Crippen LogP contribution in [0.25, 0.3) is 0 Å². The van der Waals surface area contributed by atoms with Crippen LogP contribution in [0.1, 0.15) is 37.3 Å². The van der Waals surface area contributed by atoms with E-state index < -0.39 is 6.09 Å². The second-order valence-corrected chi connectivity index (χ2v) is 5.87. The minimum Gasteiger partial charge on any atom is -0.497 e. The van der Waals surface area contributed by atoms with E-state index in [-0.39, 0.29) is 5.92 Å². The van der Waals surface area contributed by atoms with Crippen molar-refractivity contribution >= 4 is 6.09 Å². The number of rotatable bonds is 3. The second kappa shape index (κ2) is 6.16. The maximum Gasteiger partial charge on any atom is 0.407 e. The van der Waals surface area contributed by atoms with Crippen molar-refractivity contribution in [1.82, 2.24) is 4.90 Å². The lowest BCUT2D eigenvalue weighted by molar-refractivity contribution is 0.142. The van der Waals surface area contributed by atoms with E-state index in [0.717, 1.165) is 18.6 Å². The van der Waals surface area contributed by atoms with Crippen LogP contribution in [0.2, 0.25) is 0 Å². The molecule has 0 aliphatic carbocycles. The van der Waals surface area contributed by atoms with Gasteiger partial charge in [0.2, 0.25) is 0 Å². The fraction of sp³-hybridized carbons (Fsp3) is 0.562. The Hall–Kier alpha value is -1.71. The molecule has 0 aromatic heterocycles. The molecule has 1 amide bonds. The lowest BCUT2D eigenvalue weighted by atomic mass is 9.87. The molecule has 4 heteroatoms. The minimum absolute atomic E-state index is 0.273. The van der Waals surface area contributed by atoms with Crippen molar-refractivity contribution in [2.24, 2.45) is 5.92 Å². The van der Waals surface area contributed by atoms with Gasteiger partial charge < -0.3 is 14.7 Å². The Balaban J connectivity index is 2.34. The summed E-state index contributed by atoms with van der Waals surface area (Å²) in [5.74, 6) is 1.66. The standard InChI is InChI=1S/C16H23NO3/c1-11(2)8-13-10-17(16(18)19)7-6-12-9-14(20-3)4-5-15(12)13/h4-5,9,11,13H,6-8,10H2,1-3H3,(H,18,19). The van der Waals surface area contributed by atoms with Crippen molar-refractivity contribution in [2.75, 3.05) is 20.2 Å². The first-order valence-electron chi connectivity index (χ1n) is 7.16. The Kier molecular flexibility index (Phi) is 4.53. The number of ether oxygens (including phenoxy) is 1. The molecule has 0 saturated carbocycles. The predicted molar refractivity (Wildman–Crippen MR) is 78.5 cm³/mol. The van der Waals surface area contributed by atoms with E-state index in [9.17, 15) is 9.90 Å². The molecule has 1 heterocycles. The number of hydrogen-bond donors (Lipinski definition) is 1. The van der Waals surface area contributed by atoms with Crippen molar-refractivity contribution in [3.8, 4) is 5.75 Å². The van der Waals surface area contributed by atoms with Crippen molar-refractivity contribution in [1.29, 1.82) is 0 Å². The average Bonchev–Trinajstić information content (AvgIpc) is 2.57. The van der Waals surface area contributed by atoms with E-state index >= 15 is 0 Å². The smallest absolute Gasteiger partial charge is 0.407 e. The summed E-state index contributed by atoms with van der Waals surface area (Å²) in [6.45, 7) is 5.51. The molecule has 0 spiro atoms. The van der Waals surface area contributed by atoms with E-state index in [1.807, 2.05) is 12.1 Å². The molecule has 110 valence electrons. The minimum atomic E-state index is -0.821. The molecule has 0 radical (unpaired) electrons. The zero-order valence-corrected chi connectivity index (χ0v) is 12.4. The first kappa shape index (κ1) is 14.7. The number of benzene rings is 1. The molecule has 0 bridgehead atoms. The summed E-state index contributed by atoms with van der Waals surface area (Å²) in [6, 6.07) is 6.13. The number of carboxylic acid groups (broad SMARTS) is 1. The highest BCUT2D eigenvalue weighted by Crippen LogP contribution is 2.32. The van der Waals surface area contributed by atoms with Gasteiger partial charge in [-0.1, -0.05) is 19.9 Å². The highest BCUT2D eigenvalue weighted by Gasteiger charge is 2.26. The van der Waals surface area contributed by atoms with Crippen LogP contribution in [-0.2, 0) is 6.42 Å². The van der Waals surface area contributed by atoms with Crippen LogP contribution in [0, 0.1) is 5.92 Å². The molecule has 1 aromatic rings. The number of nitrogens with zero attached hydrogens (tertiary/aromatic N) is 1. The quantitative estimate of drug-likeness (QED) is 0.921. The highest BCUT2D eigenvalue weighted by molar-refractivity contribution is 5.65. The van der Waals surface area contributed by atoms with Crippen LogP contribution in [-0.4, -0.2) is 36.3 Å². The number of hydrogen-bond acceptors (Lipinski definition) is 2. The van der Waals surface area contributed by atoms with Gasteiger partial charge in [-0.15, -0.1) is 0 Å². The van der Waals surface area contributed by atoms with Gasteiger partial charge in [-0.3, -0.25) is 0 Å². The Labute approximate surface area is 120 Å². The zero-order valence-electron chi connectivity index (χ0n) is 12.4. The summed E-state index contributed by atoms with van der Waals surface area (Å²) in [4.78, 5) is 12.9. The summed E-state index contributed by atoms with van der Waals surface area (Å²) in [7, 11) is 1.66. The van der Waals surface area contributed by atoms with Gasteiger partial charge in [0, 0.05) is 19.0 Å².